The van der Waals surface area contributed by atoms with E-state index in [0.717, 1.165) is 38.4 Å². The van der Waals surface area contributed by atoms with Gasteiger partial charge in [0, 0.05) is 45.1 Å². The molecule has 3 aromatic rings. The SMILES string of the molecule is O=C(NCC(=O)N1CCCN(Cc2nccn2Cc2ccccc2)CC1)c1cccs1. The van der Waals surface area contributed by atoms with E-state index in [1.807, 2.05) is 34.8 Å². The molecule has 1 aromatic carbocycles. The number of carbonyl (C=O) groups excluding carboxylic acids is 2. The van der Waals surface area contributed by atoms with Crippen LogP contribution in [-0.4, -0.2) is 63.9 Å². The van der Waals surface area contributed by atoms with Crippen molar-refractivity contribution in [2.24, 2.45) is 0 Å². The van der Waals surface area contributed by atoms with Gasteiger partial charge < -0.3 is 14.8 Å². The van der Waals surface area contributed by atoms with Crippen molar-refractivity contribution in [3.05, 3.63) is 76.5 Å². The van der Waals surface area contributed by atoms with Gasteiger partial charge in [-0.15, -0.1) is 11.3 Å². The molecule has 162 valence electrons. The molecular weight excluding hydrogens is 410 g/mol. The molecule has 0 spiro atoms. The third-order valence-electron chi connectivity index (χ3n) is 5.45. The van der Waals surface area contributed by atoms with Crippen LogP contribution in [0.3, 0.4) is 0 Å². The number of thiophene rings is 1. The fourth-order valence-electron chi connectivity index (χ4n) is 3.76. The molecule has 1 aliphatic rings. The third-order valence-corrected chi connectivity index (χ3v) is 6.32. The van der Waals surface area contributed by atoms with Gasteiger partial charge in [0.15, 0.2) is 0 Å². The Morgan fingerprint density at radius 2 is 1.87 bits per heavy atom. The first-order valence-electron chi connectivity index (χ1n) is 10.5. The van der Waals surface area contributed by atoms with Gasteiger partial charge in [-0.1, -0.05) is 36.4 Å². The molecular formula is C23H27N5O2S. The van der Waals surface area contributed by atoms with Gasteiger partial charge in [-0.3, -0.25) is 14.5 Å². The zero-order valence-electron chi connectivity index (χ0n) is 17.4. The Bertz CT molecular complexity index is 987. The Morgan fingerprint density at radius 1 is 1.00 bits per heavy atom. The van der Waals surface area contributed by atoms with E-state index in [-0.39, 0.29) is 18.4 Å². The molecule has 1 fully saturated rings. The first kappa shape index (κ1) is 21.3. The van der Waals surface area contributed by atoms with Crippen molar-refractivity contribution in [3.8, 4) is 0 Å². The van der Waals surface area contributed by atoms with Crippen LogP contribution in [0.5, 0.6) is 0 Å². The second-order valence-corrected chi connectivity index (χ2v) is 8.58. The summed E-state index contributed by atoms with van der Waals surface area (Å²) in [6.45, 7) is 4.69. The number of carbonyl (C=O) groups is 2. The summed E-state index contributed by atoms with van der Waals surface area (Å²) in [5.41, 5.74) is 1.25. The van der Waals surface area contributed by atoms with Crippen LogP contribution in [0.4, 0.5) is 0 Å². The van der Waals surface area contributed by atoms with E-state index in [1.54, 1.807) is 6.07 Å². The third kappa shape index (κ3) is 5.80. The number of hydrogen-bond donors (Lipinski definition) is 1. The maximum absolute atomic E-state index is 12.6. The van der Waals surface area contributed by atoms with Crippen LogP contribution in [0.2, 0.25) is 0 Å². The molecule has 8 heteroatoms. The van der Waals surface area contributed by atoms with Gasteiger partial charge in [0.05, 0.1) is 18.0 Å². The lowest BCUT2D eigenvalue weighted by molar-refractivity contribution is -0.130. The van der Waals surface area contributed by atoms with E-state index in [1.165, 1.54) is 16.9 Å². The molecule has 2 aromatic heterocycles. The summed E-state index contributed by atoms with van der Waals surface area (Å²) in [7, 11) is 0. The van der Waals surface area contributed by atoms with Crippen LogP contribution in [0.25, 0.3) is 0 Å². The van der Waals surface area contributed by atoms with E-state index >= 15 is 0 Å². The highest BCUT2D eigenvalue weighted by atomic mass is 32.1. The molecule has 0 saturated carbocycles. The Labute approximate surface area is 186 Å². The standard InChI is InChI=1S/C23H27N5O2S/c29-22(16-25-23(30)20-8-4-15-31-20)27-11-5-10-26(13-14-27)18-21-24-9-12-28(21)17-19-6-2-1-3-7-19/h1-4,6-9,12,15H,5,10-11,13-14,16-18H2,(H,25,30). The molecule has 0 radical (unpaired) electrons. The molecule has 0 aliphatic carbocycles. The van der Waals surface area contributed by atoms with Gasteiger partial charge in [0.1, 0.15) is 5.82 Å². The number of amides is 2. The summed E-state index contributed by atoms with van der Waals surface area (Å²) in [4.78, 5) is 34.0. The first-order valence-corrected chi connectivity index (χ1v) is 11.4. The molecule has 1 N–H and O–H groups in total. The lowest BCUT2D eigenvalue weighted by Gasteiger charge is -2.22. The summed E-state index contributed by atoms with van der Waals surface area (Å²) in [5.74, 6) is 0.814. The van der Waals surface area contributed by atoms with E-state index in [2.05, 4.69) is 44.0 Å². The monoisotopic (exact) mass is 437 g/mol. The molecule has 4 rings (SSSR count). The van der Waals surface area contributed by atoms with Crippen LogP contribution < -0.4 is 5.32 Å². The Hall–Kier alpha value is -2.97. The van der Waals surface area contributed by atoms with E-state index in [4.69, 9.17) is 0 Å². The highest BCUT2D eigenvalue weighted by Gasteiger charge is 2.21. The van der Waals surface area contributed by atoms with Crippen molar-refractivity contribution >= 4 is 23.2 Å². The van der Waals surface area contributed by atoms with Crippen molar-refractivity contribution in [1.29, 1.82) is 0 Å². The predicted octanol–water partition coefficient (Wildman–Crippen LogP) is 2.46. The van der Waals surface area contributed by atoms with E-state index in [0.29, 0.717) is 18.0 Å². The number of imidazole rings is 1. The molecule has 1 saturated heterocycles. The van der Waals surface area contributed by atoms with Crippen LogP contribution in [0.1, 0.15) is 27.5 Å². The van der Waals surface area contributed by atoms with Crippen LogP contribution in [0.15, 0.2) is 60.2 Å². The summed E-state index contributed by atoms with van der Waals surface area (Å²) < 4.78 is 2.18. The van der Waals surface area contributed by atoms with Gasteiger partial charge in [0.25, 0.3) is 5.91 Å². The van der Waals surface area contributed by atoms with Crippen molar-refractivity contribution in [1.82, 2.24) is 24.7 Å². The van der Waals surface area contributed by atoms with Gasteiger partial charge in [-0.05, 0) is 23.4 Å². The second kappa shape index (κ2) is 10.4. The maximum atomic E-state index is 12.6. The van der Waals surface area contributed by atoms with Gasteiger partial charge >= 0.3 is 0 Å². The largest absolute Gasteiger partial charge is 0.342 e. The minimum absolute atomic E-state index is 0.0302. The van der Waals surface area contributed by atoms with Crippen LogP contribution >= 0.6 is 11.3 Å². The normalized spacial score (nSPS) is 14.9. The highest BCUT2D eigenvalue weighted by Crippen LogP contribution is 2.11. The maximum Gasteiger partial charge on any atom is 0.261 e. The quantitative estimate of drug-likeness (QED) is 0.617. The van der Waals surface area contributed by atoms with E-state index in [9.17, 15) is 9.59 Å². The molecule has 0 bridgehead atoms. The van der Waals surface area contributed by atoms with Crippen molar-refractivity contribution < 1.29 is 9.59 Å². The summed E-state index contributed by atoms with van der Waals surface area (Å²) >= 11 is 1.37. The number of rotatable bonds is 7. The van der Waals surface area contributed by atoms with Gasteiger partial charge in [-0.2, -0.15) is 0 Å². The smallest absolute Gasteiger partial charge is 0.261 e. The first-order chi connectivity index (χ1) is 15.2. The number of hydrogen-bond acceptors (Lipinski definition) is 5. The van der Waals surface area contributed by atoms with Crippen molar-refractivity contribution in [3.63, 3.8) is 0 Å². The zero-order chi connectivity index (χ0) is 21.5. The zero-order valence-corrected chi connectivity index (χ0v) is 18.3. The summed E-state index contributed by atoms with van der Waals surface area (Å²) in [5, 5.41) is 4.59. The number of nitrogens with one attached hydrogen (secondary N) is 1. The Balaban J connectivity index is 1.27. The molecule has 7 nitrogen and oxygen atoms in total. The van der Waals surface area contributed by atoms with Crippen molar-refractivity contribution in [2.45, 2.75) is 19.5 Å². The molecule has 31 heavy (non-hydrogen) atoms. The Kier molecular flexibility index (Phi) is 7.11. The van der Waals surface area contributed by atoms with Gasteiger partial charge in [-0.25, -0.2) is 4.98 Å². The number of benzene rings is 1. The summed E-state index contributed by atoms with van der Waals surface area (Å²) in [6, 6.07) is 14.0. The Morgan fingerprint density at radius 3 is 2.68 bits per heavy atom. The fraction of sp³-hybridized carbons (Fsp3) is 0.348. The average Bonchev–Trinajstić information content (AvgIpc) is 3.42. The molecule has 2 amide bonds. The lowest BCUT2D eigenvalue weighted by atomic mass is 10.2. The lowest BCUT2D eigenvalue weighted by Crippen LogP contribution is -2.41. The second-order valence-electron chi connectivity index (χ2n) is 7.63. The molecule has 0 unspecified atom stereocenters. The molecule has 0 atom stereocenters. The number of aromatic nitrogens is 2. The van der Waals surface area contributed by atoms with Crippen molar-refractivity contribution in [2.75, 3.05) is 32.7 Å². The average molecular weight is 438 g/mol. The summed E-state index contributed by atoms with van der Waals surface area (Å²) in [6.07, 6.45) is 4.78. The highest BCUT2D eigenvalue weighted by molar-refractivity contribution is 7.12. The minimum Gasteiger partial charge on any atom is -0.342 e. The van der Waals surface area contributed by atoms with E-state index < -0.39 is 0 Å². The minimum atomic E-state index is -0.190. The van der Waals surface area contributed by atoms with Crippen LogP contribution in [0, 0.1) is 0 Å². The molecule has 1 aliphatic heterocycles. The fourth-order valence-corrected chi connectivity index (χ4v) is 4.40. The van der Waals surface area contributed by atoms with Gasteiger partial charge in [0.2, 0.25) is 5.91 Å². The van der Waals surface area contributed by atoms with Crippen LogP contribution in [-0.2, 0) is 17.9 Å². The predicted molar refractivity (Wildman–Crippen MR) is 121 cm³/mol. The number of nitrogens with zero attached hydrogens (tertiary/aromatic N) is 4. The molecule has 3 heterocycles. The topological polar surface area (TPSA) is 70.5 Å².